The Labute approximate surface area is 197 Å². The molecule has 0 fully saturated rings. The Kier molecular flexibility index (Phi) is 10.1. The Bertz CT molecular complexity index is 1020. The normalized spacial score (nSPS) is 19.8. The van der Waals surface area contributed by atoms with Gasteiger partial charge >= 0.3 is 0 Å². The lowest BCUT2D eigenvalue weighted by Crippen LogP contribution is -2.32. The van der Waals surface area contributed by atoms with Crippen LogP contribution >= 0.6 is 0 Å². The number of benzene rings is 1. The van der Waals surface area contributed by atoms with E-state index in [1.165, 1.54) is 0 Å². The van der Waals surface area contributed by atoms with Crippen molar-refractivity contribution in [2.24, 2.45) is 10.4 Å². The van der Waals surface area contributed by atoms with E-state index in [4.69, 9.17) is 9.84 Å². The third-order valence-electron chi connectivity index (χ3n) is 5.41. The van der Waals surface area contributed by atoms with E-state index in [1.54, 1.807) is 24.3 Å². The maximum atomic E-state index is 12.0. The lowest BCUT2D eigenvalue weighted by Gasteiger charge is -2.18. The van der Waals surface area contributed by atoms with Crippen LogP contribution in [0.4, 0.5) is 0 Å². The first-order chi connectivity index (χ1) is 15.7. The molecule has 0 saturated heterocycles. The number of aliphatic imine (C=N–C) groups is 1. The van der Waals surface area contributed by atoms with Gasteiger partial charge < -0.3 is 20.5 Å². The largest absolute Gasteiger partial charge is 0.395 e. The highest BCUT2D eigenvalue weighted by Gasteiger charge is 2.27. The quantitative estimate of drug-likeness (QED) is 0.397. The molecule has 1 unspecified atom stereocenters. The molecule has 1 aliphatic rings. The summed E-state index contributed by atoms with van der Waals surface area (Å²) < 4.78 is 29.4. The number of sulfone groups is 1. The number of nitriles is 1. The summed E-state index contributed by atoms with van der Waals surface area (Å²) in [6.45, 7) is 7.90. The molecular weight excluding hydrogens is 440 g/mol. The number of hydrogen-bond acceptors (Lipinski definition) is 7. The number of allylic oxidation sites excluding steroid dienone is 2. The fourth-order valence-electron chi connectivity index (χ4n) is 3.22. The molecule has 0 aliphatic carbocycles. The zero-order valence-corrected chi connectivity index (χ0v) is 20.4. The molecule has 1 atom stereocenters. The summed E-state index contributed by atoms with van der Waals surface area (Å²) in [7, 11) is -3.45. The van der Waals surface area contributed by atoms with Crippen LogP contribution in [-0.4, -0.2) is 58.0 Å². The first-order valence-electron chi connectivity index (χ1n) is 11.1. The van der Waals surface area contributed by atoms with Crippen molar-refractivity contribution in [2.45, 2.75) is 38.5 Å². The third-order valence-corrected chi connectivity index (χ3v) is 7.12. The molecular formula is C24H34N4O4S. The molecule has 1 aromatic carbocycles. The number of aliphatic hydroxyl groups is 1. The van der Waals surface area contributed by atoms with Gasteiger partial charge in [-0.25, -0.2) is 8.42 Å². The minimum Gasteiger partial charge on any atom is -0.395 e. The lowest BCUT2D eigenvalue weighted by atomic mass is 9.84. The smallest absolute Gasteiger partial charge is 0.180 e. The second kappa shape index (κ2) is 12.5. The van der Waals surface area contributed by atoms with E-state index in [1.807, 2.05) is 32.9 Å². The molecule has 33 heavy (non-hydrogen) atoms. The van der Waals surface area contributed by atoms with Crippen molar-refractivity contribution in [1.82, 2.24) is 10.6 Å². The summed E-state index contributed by atoms with van der Waals surface area (Å²) in [5.74, 6) is 1.12. The van der Waals surface area contributed by atoms with Gasteiger partial charge in [-0.1, -0.05) is 12.1 Å². The molecule has 9 heteroatoms. The Morgan fingerprint density at radius 3 is 2.67 bits per heavy atom. The Balaban J connectivity index is 2.03. The molecule has 2 rings (SSSR count). The van der Waals surface area contributed by atoms with Gasteiger partial charge in [0.1, 0.15) is 11.7 Å². The van der Waals surface area contributed by atoms with Gasteiger partial charge in [-0.2, -0.15) is 5.26 Å². The van der Waals surface area contributed by atoms with Crippen molar-refractivity contribution >= 4 is 15.7 Å². The zero-order valence-electron chi connectivity index (χ0n) is 19.6. The van der Waals surface area contributed by atoms with E-state index in [0.29, 0.717) is 44.4 Å². The number of amidine groups is 1. The summed E-state index contributed by atoms with van der Waals surface area (Å²) in [4.78, 5) is 4.82. The Morgan fingerprint density at radius 2 is 2.03 bits per heavy atom. The molecule has 0 radical (unpaired) electrons. The van der Waals surface area contributed by atoms with Crippen molar-refractivity contribution in [2.75, 3.05) is 38.7 Å². The van der Waals surface area contributed by atoms with Crippen LogP contribution in [0, 0.1) is 16.7 Å². The van der Waals surface area contributed by atoms with Crippen LogP contribution in [0.5, 0.6) is 0 Å². The van der Waals surface area contributed by atoms with Crippen LogP contribution in [0.3, 0.4) is 0 Å². The predicted octanol–water partition coefficient (Wildman–Crippen LogP) is 2.33. The number of aliphatic hydroxyl groups excluding tert-OH is 1. The summed E-state index contributed by atoms with van der Waals surface area (Å²) >= 11 is 0. The van der Waals surface area contributed by atoms with Crippen molar-refractivity contribution < 1.29 is 18.3 Å². The van der Waals surface area contributed by atoms with Gasteiger partial charge in [-0.05, 0) is 69.0 Å². The highest BCUT2D eigenvalue weighted by molar-refractivity contribution is 7.91. The van der Waals surface area contributed by atoms with Crippen LogP contribution in [0.15, 0.2) is 57.7 Å². The lowest BCUT2D eigenvalue weighted by molar-refractivity contribution is 0.146. The molecule has 1 aromatic rings. The minimum atomic E-state index is -3.45. The van der Waals surface area contributed by atoms with E-state index in [0.717, 1.165) is 17.6 Å². The standard InChI is InChI=1S/C24H34N4O4S/c1-4-32-14-5-11-26-22-16-19(2)24(3,18-25)17-23(28-22)27-12-10-20-6-8-21(9-7-20)33(30,31)15-13-29/h6-9,16-17,27,29H,4-5,10-15H2,1-3H3,(H,26,28). The van der Waals surface area contributed by atoms with Crippen LogP contribution in [0.25, 0.3) is 0 Å². The molecule has 0 saturated carbocycles. The fourth-order valence-corrected chi connectivity index (χ4v) is 4.25. The fraction of sp³-hybridized carbons (Fsp3) is 0.500. The van der Waals surface area contributed by atoms with E-state index < -0.39 is 21.9 Å². The van der Waals surface area contributed by atoms with E-state index in [2.05, 4.69) is 21.7 Å². The van der Waals surface area contributed by atoms with Gasteiger partial charge in [0.2, 0.25) is 0 Å². The second-order valence-electron chi connectivity index (χ2n) is 8.01. The highest BCUT2D eigenvalue weighted by Crippen LogP contribution is 2.29. The topological polar surface area (TPSA) is 124 Å². The molecule has 1 aliphatic heterocycles. The maximum absolute atomic E-state index is 12.0. The van der Waals surface area contributed by atoms with Gasteiger partial charge in [-0.3, -0.25) is 4.99 Å². The molecule has 1 heterocycles. The van der Waals surface area contributed by atoms with E-state index >= 15 is 0 Å². The second-order valence-corrected chi connectivity index (χ2v) is 10.1. The average Bonchev–Trinajstić information content (AvgIpc) is 2.90. The highest BCUT2D eigenvalue weighted by atomic mass is 32.2. The molecule has 3 N–H and O–H groups in total. The maximum Gasteiger partial charge on any atom is 0.180 e. The summed E-state index contributed by atoms with van der Waals surface area (Å²) in [5.41, 5.74) is 1.11. The molecule has 0 aromatic heterocycles. The van der Waals surface area contributed by atoms with E-state index in [-0.39, 0.29) is 10.6 Å². The van der Waals surface area contributed by atoms with Crippen molar-refractivity contribution in [3.05, 3.63) is 53.4 Å². The summed E-state index contributed by atoms with van der Waals surface area (Å²) in [6, 6.07) is 9.05. The Hall–Kier alpha value is -2.67. The average molecular weight is 475 g/mol. The first kappa shape index (κ1) is 26.6. The van der Waals surface area contributed by atoms with Crippen molar-refractivity contribution in [3.8, 4) is 6.07 Å². The van der Waals surface area contributed by atoms with Crippen LogP contribution in [-0.2, 0) is 21.0 Å². The third kappa shape index (κ3) is 8.00. The number of nitrogens with zero attached hydrogens (tertiary/aromatic N) is 2. The summed E-state index contributed by atoms with van der Waals surface area (Å²) in [5, 5.41) is 25.3. The Morgan fingerprint density at radius 1 is 1.30 bits per heavy atom. The van der Waals surface area contributed by atoms with Crippen LogP contribution in [0.2, 0.25) is 0 Å². The van der Waals surface area contributed by atoms with Gasteiger partial charge in [-0.15, -0.1) is 0 Å². The monoisotopic (exact) mass is 474 g/mol. The minimum absolute atomic E-state index is 0.206. The number of ether oxygens (including phenoxy) is 1. The van der Waals surface area contributed by atoms with Gasteiger partial charge in [0.25, 0.3) is 0 Å². The van der Waals surface area contributed by atoms with Gasteiger partial charge in [0.15, 0.2) is 9.84 Å². The number of nitrogens with one attached hydrogen (secondary N) is 2. The molecule has 180 valence electrons. The van der Waals surface area contributed by atoms with E-state index in [9.17, 15) is 13.7 Å². The number of hydrogen-bond donors (Lipinski definition) is 3. The molecule has 0 bridgehead atoms. The molecule has 0 amide bonds. The molecule has 8 nitrogen and oxygen atoms in total. The number of rotatable bonds is 12. The first-order valence-corrected chi connectivity index (χ1v) is 12.8. The SMILES string of the molecule is CCOCCCN=C1C=C(C)C(C)(C#N)C=C(NCCc2ccc(S(=O)(=O)CCO)cc2)N1. The molecule has 0 spiro atoms. The van der Waals surface area contributed by atoms with Crippen molar-refractivity contribution in [1.29, 1.82) is 5.26 Å². The van der Waals surface area contributed by atoms with Crippen molar-refractivity contribution in [3.63, 3.8) is 0 Å². The van der Waals surface area contributed by atoms with Crippen LogP contribution < -0.4 is 10.6 Å². The van der Waals surface area contributed by atoms with Gasteiger partial charge in [0.05, 0.1) is 28.7 Å². The zero-order chi connectivity index (χ0) is 24.3. The van der Waals surface area contributed by atoms with Crippen LogP contribution in [0.1, 0.15) is 32.8 Å². The summed E-state index contributed by atoms with van der Waals surface area (Å²) in [6.07, 6.45) is 5.25. The predicted molar refractivity (Wildman–Crippen MR) is 129 cm³/mol. The van der Waals surface area contributed by atoms with Gasteiger partial charge in [0, 0.05) is 26.3 Å².